The van der Waals surface area contributed by atoms with Crippen molar-refractivity contribution in [2.24, 2.45) is 7.05 Å². The molecule has 0 aliphatic carbocycles. The molecule has 0 spiro atoms. The van der Waals surface area contributed by atoms with Crippen LogP contribution in [0.15, 0.2) is 41.1 Å². The molecule has 4 nitrogen and oxygen atoms in total. The van der Waals surface area contributed by atoms with Crippen molar-refractivity contribution < 1.29 is 4.52 Å². The van der Waals surface area contributed by atoms with Crippen LogP contribution in [0.3, 0.4) is 0 Å². The molecule has 0 atom stereocenters. The summed E-state index contributed by atoms with van der Waals surface area (Å²) in [6.07, 6.45) is 2.03. The number of nitrogen functional groups attached to an aromatic ring is 1. The summed E-state index contributed by atoms with van der Waals surface area (Å²) in [5.74, 6) is 0.335. The number of anilines is 1. The van der Waals surface area contributed by atoms with Crippen molar-refractivity contribution in [2.45, 2.75) is 0 Å². The minimum atomic E-state index is 0.335. The normalized spacial score (nSPS) is 11.1. The van der Waals surface area contributed by atoms with Gasteiger partial charge < -0.3 is 14.8 Å². The first kappa shape index (κ1) is 9.03. The van der Waals surface area contributed by atoms with Crippen LogP contribution >= 0.6 is 0 Å². The molecule has 0 aliphatic heterocycles. The second kappa shape index (κ2) is 3.13. The fourth-order valence-electron chi connectivity index (χ4n) is 1.85. The van der Waals surface area contributed by atoms with Crippen molar-refractivity contribution in [3.63, 3.8) is 0 Å². The number of nitrogens with zero attached hydrogens (tertiary/aromatic N) is 2. The van der Waals surface area contributed by atoms with Gasteiger partial charge in [-0.3, -0.25) is 0 Å². The number of fused-ring (bicyclic) bond motifs is 1. The summed E-state index contributed by atoms with van der Waals surface area (Å²) in [4.78, 5) is 0. The maximum atomic E-state index is 5.50. The molecule has 0 aliphatic rings. The molecule has 3 aromatic rings. The zero-order chi connectivity index (χ0) is 11.1. The average molecular weight is 213 g/mol. The lowest BCUT2D eigenvalue weighted by Gasteiger charge is -1.99. The highest BCUT2D eigenvalue weighted by molar-refractivity contribution is 5.84. The van der Waals surface area contributed by atoms with Crippen molar-refractivity contribution in [1.82, 2.24) is 9.72 Å². The minimum absolute atomic E-state index is 0.335. The van der Waals surface area contributed by atoms with Crippen molar-refractivity contribution in [1.29, 1.82) is 0 Å². The number of hydrogen-bond donors (Lipinski definition) is 1. The Balaban J connectivity index is 2.21. The maximum Gasteiger partial charge on any atom is 0.222 e. The molecule has 0 saturated carbocycles. The van der Waals surface area contributed by atoms with E-state index in [0.29, 0.717) is 5.88 Å². The van der Waals surface area contributed by atoms with Crippen LogP contribution in [-0.2, 0) is 7.05 Å². The van der Waals surface area contributed by atoms with Gasteiger partial charge in [-0.1, -0.05) is 17.3 Å². The summed E-state index contributed by atoms with van der Waals surface area (Å²) in [5.41, 5.74) is 8.44. The summed E-state index contributed by atoms with van der Waals surface area (Å²) in [6.45, 7) is 0. The van der Waals surface area contributed by atoms with Crippen LogP contribution in [0.5, 0.6) is 0 Å². The van der Waals surface area contributed by atoms with Gasteiger partial charge in [0.25, 0.3) is 0 Å². The van der Waals surface area contributed by atoms with Gasteiger partial charge in [0.15, 0.2) is 0 Å². The van der Waals surface area contributed by atoms with Gasteiger partial charge in [0, 0.05) is 30.4 Å². The van der Waals surface area contributed by atoms with Gasteiger partial charge >= 0.3 is 0 Å². The Morgan fingerprint density at radius 1 is 1.25 bits per heavy atom. The molecule has 3 rings (SSSR count). The molecule has 2 heterocycles. The molecule has 2 N–H and O–H groups in total. The van der Waals surface area contributed by atoms with Gasteiger partial charge in [-0.2, -0.15) is 0 Å². The lowest BCUT2D eigenvalue weighted by molar-refractivity contribution is 0.439. The van der Waals surface area contributed by atoms with Crippen LogP contribution in [0, 0.1) is 0 Å². The predicted octanol–water partition coefficient (Wildman–Crippen LogP) is 2.42. The van der Waals surface area contributed by atoms with Gasteiger partial charge in [-0.15, -0.1) is 0 Å². The third-order valence-corrected chi connectivity index (χ3v) is 2.71. The Hall–Kier alpha value is -2.23. The molecule has 2 aromatic heterocycles. The molecule has 0 amide bonds. The Morgan fingerprint density at radius 2 is 2.12 bits per heavy atom. The van der Waals surface area contributed by atoms with Crippen molar-refractivity contribution in [3.05, 3.63) is 36.5 Å². The first-order chi connectivity index (χ1) is 7.74. The van der Waals surface area contributed by atoms with Gasteiger partial charge in [-0.05, 0) is 17.5 Å². The van der Waals surface area contributed by atoms with E-state index in [4.69, 9.17) is 10.3 Å². The average Bonchev–Trinajstić information content (AvgIpc) is 2.86. The molecule has 0 fully saturated rings. The molecular formula is C12H11N3O. The van der Waals surface area contributed by atoms with Gasteiger partial charge in [-0.25, -0.2) is 0 Å². The fraction of sp³-hybridized carbons (Fsp3) is 0.0833. The third-order valence-electron chi connectivity index (χ3n) is 2.71. The molecule has 0 bridgehead atoms. The van der Waals surface area contributed by atoms with Crippen LogP contribution in [0.1, 0.15) is 0 Å². The van der Waals surface area contributed by atoms with Crippen LogP contribution in [-0.4, -0.2) is 9.72 Å². The largest absolute Gasteiger partial charge is 0.368 e. The molecule has 0 unspecified atom stereocenters. The van der Waals surface area contributed by atoms with Gasteiger partial charge in [0.1, 0.15) is 5.69 Å². The molecular weight excluding hydrogens is 202 g/mol. The third kappa shape index (κ3) is 1.27. The number of rotatable bonds is 1. The molecule has 16 heavy (non-hydrogen) atoms. The number of hydrogen-bond acceptors (Lipinski definition) is 3. The summed E-state index contributed by atoms with van der Waals surface area (Å²) in [6, 6.07) is 9.96. The summed E-state index contributed by atoms with van der Waals surface area (Å²) in [7, 11) is 2.02. The van der Waals surface area contributed by atoms with Crippen molar-refractivity contribution in [3.8, 4) is 11.3 Å². The van der Waals surface area contributed by atoms with Crippen LogP contribution in [0.4, 0.5) is 5.88 Å². The number of benzene rings is 1. The summed E-state index contributed by atoms with van der Waals surface area (Å²) >= 11 is 0. The Labute approximate surface area is 92.3 Å². The topological polar surface area (TPSA) is 57.0 Å². The van der Waals surface area contributed by atoms with Crippen molar-refractivity contribution in [2.75, 3.05) is 5.73 Å². The van der Waals surface area contributed by atoms with E-state index in [9.17, 15) is 0 Å². The van der Waals surface area contributed by atoms with E-state index < -0.39 is 0 Å². The molecule has 4 heteroatoms. The zero-order valence-electron chi connectivity index (χ0n) is 8.84. The van der Waals surface area contributed by atoms with E-state index in [-0.39, 0.29) is 0 Å². The molecule has 80 valence electrons. The quantitative estimate of drug-likeness (QED) is 0.675. The lowest BCUT2D eigenvalue weighted by atomic mass is 10.1. The van der Waals surface area contributed by atoms with Crippen LogP contribution in [0.25, 0.3) is 22.2 Å². The van der Waals surface area contributed by atoms with E-state index in [1.807, 2.05) is 19.3 Å². The smallest absolute Gasteiger partial charge is 0.222 e. The molecule has 0 radical (unpaired) electrons. The fourth-order valence-corrected chi connectivity index (χ4v) is 1.85. The first-order valence-corrected chi connectivity index (χ1v) is 5.02. The highest BCUT2D eigenvalue weighted by Crippen LogP contribution is 2.24. The summed E-state index contributed by atoms with van der Waals surface area (Å²) < 4.78 is 6.94. The van der Waals surface area contributed by atoms with E-state index >= 15 is 0 Å². The second-order valence-electron chi connectivity index (χ2n) is 3.81. The highest BCUT2D eigenvalue weighted by atomic mass is 16.5. The molecule has 1 aromatic carbocycles. The monoisotopic (exact) mass is 213 g/mol. The SMILES string of the molecule is Cn1ccc2ccc(-c3cc(N)on3)cc21. The second-order valence-corrected chi connectivity index (χ2v) is 3.81. The highest BCUT2D eigenvalue weighted by Gasteiger charge is 2.06. The van der Waals surface area contributed by atoms with Gasteiger partial charge in [0.2, 0.25) is 5.88 Å². The number of aryl methyl sites for hydroxylation is 1. The maximum absolute atomic E-state index is 5.50. The Bertz CT molecular complexity index is 651. The molecule has 0 saturated heterocycles. The van der Waals surface area contributed by atoms with Gasteiger partial charge in [0.05, 0.1) is 0 Å². The summed E-state index contributed by atoms with van der Waals surface area (Å²) in [5, 5.41) is 5.11. The number of nitrogens with two attached hydrogens (primary N) is 1. The minimum Gasteiger partial charge on any atom is -0.368 e. The Morgan fingerprint density at radius 3 is 2.88 bits per heavy atom. The van der Waals surface area contributed by atoms with Crippen molar-refractivity contribution >= 4 is 16.8 Å². The van der Waals surface area contributed by atoms with E-state index in [2.05, 4.69) is 27.9 Å². The lowest BCUT2D eigenvalue weighted by Crippen LogP contribution is -1.84. The zero-order valence-corrected chi connectivity index (χ0v) is 8.84. The van der Waals surface area contributed by atoms with E-state index in [0.717, 1.165) is 11.3 Å². The first-order valence-electron chi connectivity index (χ1n) is 5.02. The van der Waals surface area contributed by atoms with Crippen LogP contribution in [0.2, 0.25) is 0 Å². The predicted molar refractivity (Wildman–Crippen MR) is 62.8 cm³/mol. The standard InChI is InChI=1S/C12H11N3O/c1-15-5-4-8-2-3-9(6-11(8)15)10-7-12(13)16-14-10/h2-7H,13H2,1H3. The van der Waals surface area contributed by atoms with E-state index in [1.165, 1.54) is 10.9 Å². The van der Waals surface area contributed by atoms with E-state index in [1.54, 1.807) is 6.07 Å². The Kier molecular flexibility index (Phi) is 1.77. The van der Waals surface area contributed by atoms with Crippen LogP contribution < -0.4 is 5.73 Å². The number of aromatic nitrogens is 2.